The number of nitrogens with one attached hydrogen (secondary N) is 1. The maximum absolute atomic E-state index is 12.1. The average Bonchev–Trinajstić information content (AvgIpc) is 3.08. The highest BCUT2D eigenvalue weighted by molar-refractivity contribution is 5.86. The first kappa shape index (κ1) is 29.8. The Balaban J connectivity index is 0.000000461. The van der Waals surface area contributed by atoms with Crippen molar-refractivity contribution in [1.29, 1.82) is 0 Å². The van der Waals surface area contributed by atoms with Gasteiger partial charge >= 0.3 is 0 Å². The van der Waals surface area contributed by atoms with Crippen molar-refractivity contribution in [1.82, 2.24) is 5.32 Å². The fraction of sp³-hybridized carbons (Fsp3) is 0.852. The average molecular weight is 467 g/mol. The molecule has 2 rings (SSSR count). The number of carbonyl (C=O) groups excluding carboxylic acids is 2. The van der Waals surface area contributed by atoms with Crippen molar-refractivity contribution < 1.29 is 19.8 Å². The Morgan fingerprint density at radius 2 is 1.76 bits per heavy atom. The van der Waals surface area contributed by atoms with Crippen molar-refractivity contribution in [2.45, 2.75) is 122 Å². The maximum atomic E-state index is 12.1. The summed E-state index contributed by atoms with van der Waals surface area (Å²) in [7, 11) is 0. The van der Waals surface area contributed by atoms with Gasteiger partial charge in [0.2, 0.25) is 0 Å². The van der Waals surface area contributed by atoms with Gasteiger partial charge in [0.25, 0.3) is 0 Å². The Morgan fingerprint density at radius 3 is 2.39 bits per heavy atom. The van der Waals surface area contributed by atoms with Crippen molar-refractivity contribution in [3.05, 3.63) is 12.3 Å². The van der Waals surface area contributed by atoms with E-state index in [9.17, 15) is 14.7 Å². The summed E-state index contributed by atoms with van der Waals surface area (Å²) in [5, 5.41) is 22.7. The topological polar surface area (TPSA) is 113 Å². The van der Waals surface area contributed by atoms with Crippen LogP contribution in [-0.2, 0) is 9.59 Å². The molecule has 0 amide bonds. The molecule has 2 fully saturated rings. The number of hydrogen-bond donors (Lipinski definition) is 4. The van der Waals surface area contributed by atoms with Crippen LogP contribution >= 0.6 is 0 Å². The van der Waals surface area contributed by atoms with Gasteiger partial charge in [0.05, 0.1) is 17.7 Å². The number of carbonyl (C=O) groups is 2. The lowest BCUT2D eigenvalue weighted by atomic mass is 9.73. The Bertz CT molecular complexity index is 605. The molecular weight excluding hydrogens is 416 g/mol. The summed E-state index contributed by atoms with van der Waals surface area (Å²) in [5.41, 5.74) is 4.66. The fourth-order valence-electron chi connectivity index (χ4n) is 5.02. The molecule has 2 aliphatic rings. The lowest BCUT2D eigenvalue weighted by Gasteiger charge is -2.37. The van der Waals surface area contributed by atoms with Crippen LogP contribution in [0.2, 0.25) is 0 Å². The lowest BCUT2D eigenvalue weighted by Crippen LogP contribution is -2.53. The first-order valence-corrected chi connectivity index (χ1v) is 13.3. The first-order chi connectivity index (χ1) is 15.6. The fourth-order valence-corrected chi connectivity index (χ4v) is 5.02. The highest BCUT2D eigenvalue weighted by Gasteiger charge is 2.44. The number of hydrogen-bond acceptors (Lipinski definition) is 6. The lowest BCUT2D eigenvalue weighted by molar-refractivity contribution is -0.138. The van der Waals surface area contributed by atoms with Gasteiger partial charge in [-0.05, 0) is 56.9 Å². The number of rotatable bonds is 13. The Kier molecular flexibility index (Phi) is 14.1. The van der Waals surface area contributed by atoms with Crippen molar-refractivity contribution in [3.63, 3.8) is 0 Å². The molecule has 5 N–H and O–H groups in total. The largest absolute Gasteiger partial charge is 0.513 e. The van der Waals surface area contributed by atoms with Gasteiger partial charge < -0.3 is 21.3 Å². The summed E-state index contributed by atoms with van der Waals surface area (Å²) >= 11 is 0. The van der Waals surface area contributed by atoms with Gasteiger partial charge in [-0.15, -0.1) is 0 Å². The van der Waals surface area contributed by atoms with E-state index < -0.39 is 11.6 Å². The summed E-state index contributed by atoms with van der Waals surface area (Å²) in [6, 6.07) is -0.108. The quantitative estimate of drug-likeness (QED) is 0.169. The van der Waals surface area contributed by atoms with Gasteiger partial charge in [0, 0.05) is 19.3 Å². The van der Waals surface area contributed by atoms with E-state index in [2.05, 4.69) is 32.7 Å². The molecule has 192 valence electrons. The van der Waals surface area contributed by atoms with E-state index in [0.717, 1.165) is 45.1 Å². The molecule has 0 bridgehead atoms. The summed E-state index contributed by atoms with van der Waals surface area (Å²) in [6.07, 6.45) is 12.7. The van der Waals surface area contributed by atoms with Crippen LogP contribution in [0.5, 0.6) is 0 Å². The molecule has 5 atom stereocenters. The van der Waals surface area contributed by atoms with Gasteiger partial charge in [-0.3, -0.25) is 9.59 Å². The molecule has 0 aliphatic heterocycles. The predicted octanol–water partition coefficient (Wildman–Crippen LogP) is 5.19. The van der Waals surface area contributed by atoms with Gasteiger partial charge in [-0.25, -0.2) is 0 Å². The first-order valence-electron chi connectivity index (χ1n) is 13.3. The molecule has 0 aromatic carbocycles. The third-order valence-electron chi connectivity index (χ3n) is 7.07. The third-order valence-corrected chi connectivity index (χ3v) is 7.07. The highest BCUT2D eigenvalue weighted by Crippen LogP contribution is 2.37. The molecule has 0 saturated heterocycles. The van der Waals surface area contributed by atoms with Gasteiger partial charge in [0.1, 0.15) is 17.3 Å². The van der Waals surface area contributed by atoms with Crippen LogP contribution in [0, 0.1) is 17.8 Å². The molecular formula is C27H50N2O4. The molecule has 0 heterocycles. The number of Topliss-reactive ketones (excluding diaryl/α,β-unsaturated/α-hetero) is 2. The van der Waals surface area contributed by atoms with E-state index in [1.165, 1.54) is 25.7 Å². The normalized spacial score (nSPS) is 27.1. The van der Waals surface area contributed by atoms with Crippen LogP contribution in [0.1, 0.15) is 111 Å². The van der Waals surface area contributed by atoms with E-state index in [0.29, 0.717) is 37.4 Å². The Hall–Kier alpha value is -1.24. The molecule has 0 aromatic rings. The summed E-state index contributed by atoms with van der Waals surface area (Å²) < 4.78 is 0. The summed E-state index contributed by atoms with van der Waals surface area (Å²) in [5.74, 6) is 0.633. The number of aliphatic hydroxyl groups is 2. The summed E-state index contributed by atoms with van der Waals surface area (Å²) in [6.45, 7) is 10.7. The minimum absolute atomic E-state index is 0.0710. The second-order valence-electron chi connectivity index (χ2n) is 10.5. The molecule has 6 nitrogen and oxygen atoms in total. The molecule has 5 unspecified atom stereocenters. The van der Waals surface area contributed by atoms with E-state index in [-0.39, 0.29) is 23.5 Å². The zero-order chi connectivity index (χ0) is 24.9. The number of aliphatic hydroxyl groups excluding tert-OH is 1. The van der Waals surface area contributed by atoms with E-state index >= 15 is 0 Å². The molecule has 33 heavy (non-hydrogen) atoms. The number of unbranched alkanes of at least 4 members (excludes halogenated alkanes) is 5. The summed E-state index contributed by atoms with van der Waals surface area (Å²) in [4.78, 5) is 24.2. The van der Waals surface area contributed by atoms with Gasteiger partial charge in [0.15, 0.2) is 0 Å². The van der Waals surface area contributed by atoms with Crippen molar-refractivity contribution in [2.75, 3.05) is 6.54 Å². The number of nitrogens with two attached hydrogens (primary N) is 1. The van der Waals surface area contributed by atoms with Crippen LogP contribution in [0.4, 0.5) is 0 Å². The van der Waals surface area contributed by atoms with Crippen molar-refractivity contribution in [2.24, 2.45) is 23.5 Å². The van der Waals surface area contributed by atoms with E-state index in [1.807, 2.05) is 0 Å². The third kappa shape index (κ3) is 11.6. The van der Waals surface area contributed by atoms with Crippen LogP contribution < -0.4 is 11.1 Å². The van der Waals surface area contributed by atoms with Crippen LogP contribution in [0.25, 0.3) is 0 Å². The zero-order valence-corrected chi connectivity index (χ0v) is 21.4. The molecule has 2 saturated carbocycles. The second-order valence-corrected chi connectivity index (χ2v) is 10.5. The molecule has 0 radical (unpaired) electrons. The smallest absolute Gasteiger partial charge is 0.150 e. The zero-order valence-electron chi connectivity index (χ0n) is 21.4. The minimum Gasteiger partial charge on any atom is -0.513 e. The Morgan fingerprint density at radius 1 is 1.09 bits per heavy atom. The Labute approximate surface area is 201 Å². The van der Waals surface area contributed by atoms with Crippen LogP contribution in [0.15, 0.2) is 12.3 Å². The monoisotopic (exact) mass is 466 g/mol. The minimum atomic E-state index is -1.48. The molecule has 2 aliphatic carbocycles. The van der Waals surface area contributed by atoms with E-state index in [1.54, 1.807) is 0 Å². The van der Waals surface area contributed by atoms with Crippen LogP contribution in [-0.4, -0.2) is 40.1 Å². The number of allylic oxidation sites excluding steroid dienone is 1. The van der Waals surface area contributed by atoms with Gasteiger partial charge in [-0.2, -0.15) is 0 Å². The van der Waals surface area contributed by atoms with Crippen molar-refractivity contribution in [3.8, 4) is 0 Å². The highest BCUT2D eigenvalue weighted by atomic mass is 16.3. The number of ketones is 2. The van der Waals surface area contributed by atoms with Crippen LogP contribution in [0.3, 0.4) is 0 Å². The molecule has 0 spiro atoms. The SMILES string of the molecule is C=C(O)CCCCCCC.CCCCNC1CC(CC(N)(O)C2CC(C)CCC2=O)CC1=O. The second kappa shape index (κ2) is 15.6. The molecule has 0 aromatic heterocycles. The predicted molar refractivity (Wildman–Crippen MR) is 135 cm³/mol. The molecule has 6 heteroatoms. The van der Waals surface area contributed by atoms with E-state index in [4.69, 9.17) is 10.8 Å². The van der Waals surface area contributed by atoms with Gasteiger partial charge in [-0.1, -0.05) is 59.5 Å². The van der Waals surface area contributed by atoms with Crippen molar-refractivity contribution >= 4 is 11.6 Å². The maximum Gasteiger partial charge on any atom is 0.150 e. The standard InChI is InChI=1S/C18H32N2O3.C9H18O/c1-3-4-7-20-15-9-13(10-17(15)22)11-18(19,23)14-8-12(2)5-6-16(14)21;1-3-4-5-6-7-8-9(2)10/h12-15,20,23H,3-11,19H2,1-2H3;10H,2-8H2,1H3.